The van der Waals surface area contributed by atoms with Crippen LogP contribution in [0, 0.1) is 11.3 Å². The van der Waals surface area contributed by atoms with Crippen molar-refractivity contribution in [3.05, 3.63) is 53.7 Å². The Balaban J connectivity index is 2.05. The minimum absolute atomic E-state index is 0.0753. The molecule has 0 atom stereocenters. The fourth-order valence-corrected chi connectivity index (χ4v) is 3.36. The summed E-state index contributed by atoms with van der Waals surface area (Å²) < 4.78 is 10.7. The van der Waals surface area contributed by atoms with Gasteiger partial charge in [-0.05, 0) is 23.8 Å². The van der Waals surface area contributed by atoms with Crippen LogP contribution in [0.5, 0.6) is 11.5 Å². The van der Waals surface area contributed by atoms with Crippen molar-refractivity contribution in [3.8, 4) is 17.6 Å². The maximum atomic E-state index is 11.2. The zero-order chi connectivity index (χ0) is 20.1. The van der Waals surface area contributed by atoms with E-state index in [2.05, 4.69) is 16.4 Å². The van der Waals surface area contributed by atoms with Crippen molar-refractivity contribution in [1.29, 1.82) is 5.26 Å². The van der Waals surface area contributed by atoms with Crippen LogP contribution in [0.15, 0.2) is 42.6 Å². The predicted molar refractivity (Wildman–Crippen MR) is 111 cm³/mol. The minimum Gasteiger partial charge on any atom is -0.493 e. The average molecular weight is 393 g/mol. The molecule has 6 nitrogen and oxygen atoms in total. The third kappa shape index (κ3) is 4.18. The van der Waals surface area contributed by atoms with E-state index in [0.717, 1.165) is 16.6 Å². The number of hydrogen-bond donors (Lipinski definition) is 1. The zero-order valence-electron chi connectivity index (χ0n) is 15.8. The molecule has 28 heavy (non-hydrogen) atoms. The Bertz CT molecular complexity index is 1080. The molecule has 0 aliphatic carbocycles. The van der Waals surface area contributed by atoms with Gasteiger partial charge in [0.25, 0.3) is 0 Å². The molecule has 3 aromatic rings. The fourth-order valence-electron chi connectivity index (χ4n) is 2.81. The summed E-state index contributed by atoms with van der Waals surface area (Å²) in [5.74, 6) is 1.72. The van der Waals surface area contributed by atoms with Gasteiger partial charge in [0.1, 0.15) is 6.07 Å². The molecule has 2 aromatic carbocycles. The van der Waals surface area contributed by atoms with Gasteiger partial charge < -0.3 is 14.8 Å². The molecule has 0 aliphatic rings. The highest BCUT2D eigenvalue weighted by Crippen LogP contribution is 2.37. The van der Waals surface area contributed by atoms with Gasteiger partial charge in [0.15, 0.2) is 16.6 Å². The smallest absolute Gasteiger partial charge is 0.186 e. The second-order valence-electron chi connectivity index (χ2n) is 5.99. The van der Waals surface area contributed by atoms with E-state index in [9.17, 15) is 10.1 Å². The molecule has 0 aliphatic heterocycles. The molecule has 1 N–H and O–H groups in total. The lowest BCUT2D eigenvalue weighted by molar-refractivity contribution is -0.109. The van der Waals surface area contributed by atoms with Crippen LogP contribution in [0.25, 0.3) is 10.9 Å². The first-order chi connectivity index (χ1) is 13.5. The molecule has 0 amide bonds. The van der Waals surface area contributed by atoms with E-state index in [1.54, 1.807) is 33.3 Å². The normalized spacial score (nSPS) is 10.4. The maximum Gasteiger partial charge on any atom is 0.186 e. The molecule has 142 valence electrons. The molecule has 0 saturated carbocycles. The Morgan fingerprint density at radius 2 is 1.96 bits per heavy atom. The van der Waals surface area contributed by atoms with Crippen LogP contribution in [0.2, 0.25) is 0 Å². The third-order valence-corrected chi connectivity index (χ3v) is 5.02. The Labute approximate surface area is 167 Å². The number of fused-ring (bicyclic) bond motifs is 1. The van der Waals surface area contributed by atoms with Gasteiger partial charge in [0, 0.05) is 36.0 Å². The van der Waals surface area contributed by atoms with E-state index in [1.807, 2.05) is 24.3 Å². The van der Waals surface area contributed by atoms with Crippen molar-refractivity contribution >= 4 is 39.2 Å². The first-order valence-corrected chi connectivity index (χ1v) is 9.48. The summed E-state index contributed by atoms with van der Waals surface area (Å²) in [6, 6.07) is 13.5. The zero-order valence-corrected chi connectivity index (χ0v) is 16.6. The van der Waals surface area contributed by atoms with Crippen molar-refractivity contribution in [1.82, 2.24) is 4.98 Å². The molecule has 0 saturated heterocycles. The van der Waals surface area contributed by atoms with Crippen molar-refractivity contribution < 1.29 is 14.3 Å². The number of carbonyl (C=O) groups excluding carboxylic acids is 1. The molecule has 0 unspecified atom stereocenters. The van der Waals surface area contributed by atoms with Gasteiger partial charge in [0.2, 0.25) is 0 Å². The van der Waals surface area contributed by atoms with E-state index in [0.29, 0.717) is 34.0 Å². The first-order valence-electron chi connectivity index (χ1n) is 8.50. The van der Waals surface area contributed by atoms with Gasteiger partial charge >= 0.3 is 0 Å². The van der Waals surface area contributed by atoms with E-state index < -0.39 is 0 Å². The van der Waals surface area contributed by atoms with E-state index in [4.69, 9.17) is 9.47 Å². The minimum atomic E-state index is 0.0753. The van der Waals surface area contributed by atoms with Gasteiger partial charge in [-0.25, -0.2) is 0 Å². The van der Waals surface area contributed by atoms with Gasteiger partial charge in [-0.15, -0.1) is 0 Å². The number of nitrogens with zero attached hydrogens (tertiary/aromatic N) is 2. The number of rotatable bonds is 6. The quantitative estimate of drug-likeness (QED) is 0.653. The summed E-state index contributed by atoms with van der Waals surface area (Å²) in [5.41, 5.74) is 3.58. The SMILES string of the molecule is COc1cc2ncc(C#N)c(Nc3cccc(CSC(C)=O)c3)c2cc1OC. The van der Waals surface area contributed by atoms with Crippen LogP contribution < -0.4 is 14.8 Å². The Morgan fingerprint density at radius 3 is 2.64 bits per heavy atom. The molecular formula is C21H19N3O3S. The number of pyridine rings is 1. The lowest BCUT2D eigenvalue weighted by Gasteiger charge is -2.15. The molecule has 1 heterocycles. The molecule has 1 aromatic heterocycles. The van der Waals surface area contributed by atoms with Crippen molar-refractivity contribution in [2.24, 2.45) is 0 Å². The van der Waals surface area contributed by atoms with Crippen LogP contribution in [0.4, 0.5) is 11.4 Å². The van der Waals surface area contributed by atoms with Crippen LogP contribution in [0.3, 0.4) is 0 Å². The lowest BCUT2D eigenvalue weighted by Crippen LogP contribution is -1.99. The molecule has 3 rings (SSSR count). The van der Waals surface area contributed by atoms with E-state index >= 15 is 0 Å². The number of benzene rings is 2. The van der Waals surface area contributed by atoms with Gasteiger partial charge in [-0.2, -0.15) is 5.26 Å². The monoisotopic (exact) mass is 393 g/mol. The number of aromatic nitrogens is 1. The lowest BCUT2D eigenvalue weighted by atomic mass is 10.1. The van der Waals surface area contributed by atoms with E-state index in [-0.39, 0.29) is 5.12 Å². The van der Waals surface area contributed by atoms with Gasteiger partial charge in [0.05, 0.1) is 31.0 Å². The van der Waals surface area contributed by atoms with Crippen LogP contribution >= 0.6 is 11.8 Å². The van der Waals surface area contributed by atoms with Crippen LogP contribution in [-0.2, 0) is 10.5 Å². The topological polar surface area (TPSA) is 84.2 Å². The molecule has 0 spiro atoms. The predicted octanol–water partition coefficient (Wildman–Crippen LogP) is 4.65. The van der Waals surface area contributed by atoms with Crippen molar-refractivity contribution in [2.45, 2.75) is 12.7 Å². The first kappa shape index (κ1) is 19.5. The summed E-state index contributed by atoms with van der Waals surface area (Å²) >= 11 is 1.26. The number of nitriles is 1. The second-order valence-corrected chi connectivity index (χ2v) is 7.14. The summed E-state index contributed by atoms with van der Waals surface area (Å²) in [5, 5.41) is 13.7. The number of nitrogens with one attached hydrogen (secondary N) is 1. The average Bonchev–Trinajstić information content (AvgIpc) is 2.71. The largest absolute Gasteiger partial charge is 0.493 e. The molecule has 0 radical (unpaired) electrons. The molecular weight excluding hydrogens is 374 g/mol. The highest BCUT2D eigenvalue weighted by molar-refractivity contribution is 8.12. The summed E-state index contributed by atoms with van der Waals surface area (Å²) in [4.78, 5) is 15.6. The van der Waals surface area contributed by atoms with Gasteiger partial charge in [-0.1, -0.05) is 23.9 Å². The summed E-state index contributed by atoms with van der Waals surface area (Å²) in [6.07, 6.45) is 1.53. The fraction of sp³-hybridized carbons (Fsp3) is 0.190. The maximum absolute atomic E-state index is 11.2. The standard InChI is InChI=1S/C21H19N3O3S/c1-13(25)28-12-14-5-4-6-16(7-14)24-21-15(10-22)11-23-18-9-20(27-3)19(26-2)8-17(18)21/h4-9,11H,12H2,1-3H3,(H,23,24). The Kier molecular flexibility index (Phi) is 6.02. The van der Waals surface area contributed by atoms with Crippen LogP contribution in [-0.4, -0.2) is 24.3 Å². The molecule has 7 heteroatoms. The Morgan fingerprint density at radius 1 is 1.21 bits per heavy atom. The number of thioether (sulfide) groups is 1. The second kappa shape index (κ2) is 8.63. The number of ether oxygens (including phenoxy) is 2. The number of hydrogen-bond acceptors (Lipinski definition) is 7. The number of anilines is 2. The molecule has 0 fully saturated rings. The van der Waals surface area contributed by atoms with Crippen LogP contribution in [0.1, 0.15) is 18.1 Å². The summed E-state index contributed by atoms with van der Waals surface area (Å²) in [7, 11) is 3.13. The number of methoxy groups -OCH3 is 2. The third-order valence-electron chi connectivity index (χ3n) is 4.13. The summed E-state index contributed by atoms with van der Waals surface area (Å²) in [6.45, 7) is 1.55. The van der Waals surface area contributed by atoms with Crippen molar-refractivity contribution in [3.63, 3.8) is 0 Å². The Hall–Kier alpha value is -3.24. The van der Waals surface area contributed by atoms with E-state index in [1.165, 1.54) is 18.0 Å². The molecule has 0 bridgehead atoms. The highest BCUT2D eigenvalue weighted by atomic mass is 32.2. The number of carbonyl (C=O) groups is 1. The highest BCUT2D eigenvalue weighted by Gasteiger charge is 2.14. The van der Waals surface area contributed by atoms with Crippen molar-refractivity contribution in [2.75, 3.05) is 19.5 Å². The van der Waals surface area contributed by atoms with Gasteiger partial charge in [-0.3, -0.25) is 9.78 Å².